The van der Waals surface area contributed by atoms with Crippen LogP contribution in [0.4, 0.5) is 0 Å². The number of nitrogens with zero attached hydrogens (tertiary/aromatic N) is 2. The minimum atomic E-state index is -1.24. The average molecular weight is 182 g/mol. The van der Waals surface area contributed by atoms with Crippen LogP contribution in [-0.2, 0) is 4.74 Å². The molecule has 0 aliphatic carbocycles. The molecule has 0 spiro atoms. The first-order valence-electron chi connectivity index (χ1n) is 3.29. The van der Waals surface area contributed by atoms with Crippen LogP contribution in [0.5, 0.6) is 0 Å². The summed E-state index contributed by atoms with van der Waals surface area (Å²) in [5.74, 6) is -1.98. The second kappa shape index (κ2) is 3.61. The molecule has 6 heteroatoms. The highest BCUT2D eigenvalue weighted by atomic mass is 16.5. The summed E-state index contributed by atoms with van der Waals surface area (Å²) in [7, 11) is 1.16. The number of esters is 1. The largest absolute Gasteiger partial charge is 0.478 e. The van der Waals surface area contributed by atoms with Gasteiger partial charge in [-0.3, -0.25) is 0 Å². The van der Waals surface area contributed by atoms with Gasteiger partial charge in [0, 0.05) is 0 Å². The number of hydrogen-bond donors (Lipinski definition) is 1. The molecule has 0 atom stereocenters. The number of methoxy groups -OCH3 is 1. The Morgan fingerprint density at radius 2 is 1.85 bits per heavy atom. The van der Waals surface area contributed by atoms with Gasteiger partial charge in [-0.25, -0.2) is 9.59 Å². The zero-order valence-corrected chi connectivity index (χ0v) is 6.72. The van der Waals surface area contributed by atoms with E-state index in [1.807, 2.05) is 0 Å². The SMILES string of the molecule is COC(=O)c1cnncc1C(=O)O. The van der Waals surface area contributed by atoms with Crippen LogP contribution in [0.3, 0.4) is 0 Å². The first-order chi connectivity index (χ1) is 6.16. The van der Waals surface area contributed by atoms with Gasteiger partial charge >= 0.3 is 11.9 Å². The molecule has 1 rings (SSSR count). The highest BCUT2D eigenvalue weighted by Crippen LogP contribution is 2.06. The zero-order chi connectivity index (χ0) is 9.84. The van der Waals surface area contributed by atoms with Crippen molar-refractivity contribution in [2.45, 2.75) is 0 Å². The number of carboxylic acids is 1. The van der Waals surface area contributed by atoms with E-state index in [9.17, 15) is 9.59 Å². The van der Waals surface area contributed by atoms with Gasteiger partial charge in [-0.15, -0.1) is 0 Å². The Kier molecular flexibility index (Phi) is 2.53. The third-order valence-corrected chi connectivity index (χ3v) is 1.37. The molecular formula is C7H6N2O4. The molecular weight excluding hydrogens is 176 g/mol. The van der Waals surface area contributed by atoms with Gasteiger partial charge in [0.15, 0.2) is 0 Å². The van der Waals surface area contributed by atoms with E-state index in [0.717, 1.165) is 19.5 Å². The van der Waals surface area contributed by atoms with Crippen molar-refractivity contribution in [2.75, 3.05) is 7.11 Å². The molecule has 1 N–H and O–H groups in total. The van der Waals surface area contributed by atoms with Crippen molar-refractivity contribution >= 4 is 11.9 Å². The van der Waals surface area contributed by atoms with E-state index in [-0.39, 0.29) is 11.1 Å². The smallest absolute Gasteiger partial charge is 0.340 e. The fourth-order valence-corrected chi connectivity index (χ4v) is 0.764. The third kappa shape index (κ3) is 1.78. The fourth-order valence-electron chi connectivity index (χ4n) is 0.764. The maximum Gasteiger partial charge on any atom is 0.340 e. The Labute approximate surface area is 73.2 Å². The minimum Gasteiger partial charge on any atom is -0.478 e. The molecule has 0 unspecified atom stereocenters. The van der Waals surface area contributed by atoms with Crippen molar-refractivity contribution in [3.63, 3.8) is 0 Å². The van der Waals surface area contributed by atoms with E-state index in [1.165, 1.54) is 0 Å². The minimum absolute atomic E-state index is 0.106. The number of ether oxygens (including phenoxy) is 1. The lowest BCUT2D eigenvalue weighted by Gasteiger charge is -2.00. The summed E-state index contributed by atoms with van der Waals surface area (Å²) < 4.78 is 4.36. The van der Waals surface area contributed by atoms with E-state index >= 15 is 0 Å². The Morgan fingerprint density at radius 1 is 1.31 bits per heavy atom. The van der Waals surface area contributed by atoms with Crippen molar-refractivity contribution in [1.82, 2.24) is 10.2 Å². The number of carboxylic acid groups (broad SMARTS) is 1. The maximum absolute atomic E-state index is 11.0. The van der Waals surface area contributed by atoms with Crippen LogP contribution in [-0.4, -0.2) is 34.4 Å². The summed E-state index contributed by atoms with van der Waals surface area (Å²) in [5.41, 5.74) is -0.327. The Balaban J connectivity index is 3.19. The summed E-state index contributed by atoms with van der Waals surface area (Å²) in [5, 5.41) is 15.4. The second-order valence-electron chi connectivity index (χ2n) is 2.11. The number of rotatable bonds is 2. The molecule has 1 aromatic heterocycles. The standard InChI is InChI=1S/C7H6N2O4/c1-13-7(12)5-3-9-8-2-4(5)6(10)11/h2-3H,1H3,(H,10,11). The zero-order valence-electron chi connectivity index (χ0n) is 6.72. The highest BCUT2D eigenvalue weighted by Gasteiger charge is 2.17. The van der Waals surface area contributed by atoms with Crippen LogP contribution >= 0.6 is 0 Å². The van der Waals surface area contributed by atoms with Crippen molar-refractivity contribution in [1.29, 1.82) is 0 Å². The Hall–Kier alpha value is -1.98. The lowest BCUT2D eigenvalue weighted by atomic mass is 10.2. The van der Waals surface area contributed by atoms with Crippen molar-refractivity contribution < 1.29 is 19.4 Å². The van der Waals surface area contributed by atoms with E-state index in [4.69, 9.17) is 5.11 Å². The highest BCUT2D eigenvalue weighted by molar-refractivity contribution is 6.01. The molecule has 0 saturated carbocycles. The third-order valence-electron chi connectivity index (χ3n) is 1.37. The van der Waals surface area contributed by atoms with Gasteiger partial charge in [0.05, 0.1) is 30.6 Å². The molecule has 0 fully saturated rings. The molecule has 6 nitrogen and oxygen atoms in total. The summed E-state index contributed by atoms with van der Waals surface area (Å²) in [4.78, 5) is 21.6. The van der Waals surface area contributed by atoms with Crippen LogP contribution in [0, 0.1) is 0 Å². The van der Waals surface area contributed by atoms with Gasteiger partial charge in [-0.1, -0.05) is 0 Å². The molecule has 1 heterocycles. The molecule has 68 valence electrons. The average Bonchev–Trinajstić information content (AvgIpc) is 2.16. The van der Waals surface area contributed by atoms with Gasteiger partial charge in [0.2, 0.25) is 0 Å². The normalized spacial score (nSPS) is 9.31. The fraction of sp³-hybridized carbons (Fsp3) is 0.143. The van der Waals surface area contributed by atoms with Crippen molar-refractivity contribution in [3.05, 3.63) is 23.5 Å². The van der Waals surface area contributed by atoms with Crippen molar-refractivity contribution in [3.8, 4) is 0 Å². The summed E-state index contributed by atoms with van der Waals surface area (Å²) in [6, 6.07) is 0. The molecule has 13 heavy (non-hydrogen) atoms. The van der Waals surface area contributed by atoms with Crippen LogP contribution in [0.15, 0.2) is 12.4 Å². The molecule has 0 aliphatic heterocycles. The topological polar surface area (TPSA) is 89.4 Å². The van der Waals surface area contributed by atoms with Gasteiger partial charge in [0.25, 0.3) is 0 Å². The number of hydrogen-bond acceptors (Lipinski definition) is 5. The lowest BCUT2D eigenvalue weighted by Crippen LogP contribution is -2.11. The Morgan fingerprint density at radius 3 is 2.31 bits per heavy atom. The molecule has 0 aromatic carbocycles. The van der Waals surface area contributed by atoms with Crippen LogP contribution in [0.1, 0.15) is 20.7 Å². The van der Waals surface area contributed by atoms with Gasteiger partial charge in [-0.05, 0) is 0 Å². The van der Waals surface area contributed by atoms with Crippen LogP contribution in [0.25, 0.3) is 0 Å². The lowest BCUT2D eigenvalue weighted by molar-refractivity contribution is 0.0581. The quantitative estimate of drug-likeness (QED) is 0.645. The van der Waals surface area contributed by atoms with Gasteiger partial charge in [0.1, 0.15) is 0 Å². The first-order valence-corrected chi connectivity index (χ1v) is 3.29. The van der Waals surface area contributed by atoms with E-state index in [1.54, 1.807) is 0 Å². The van der Waals surface area contributed by atoms with Crippen LogP contribution < -0.4 is 0 Å². The summed E-state index contributed by atoms with van der Waals surface area (Å²) in [6.07, 6.45) is 2.05. The van der Waals surface area contributed by atoms with E-state index in [2.05, 4.69) is 14.9 Å². The van der Waals surface area contributed by atoms with E-state index in [0.29, 0.717) is 0 Å². The first kappa shape index (κ1) is 9.11. The second-order valence-corrected chi connectivity index (χ2v) is 2.11. The number of carbonyl (C=O) groups excluding carboxylic acids is 1. The van der Waals surface area contributed by atoms with Gasteiger partial charge in [-0.2, -0.15) is 10.2 Å². The molecule has 1 aromatic rings. The number of carbonyl (C=O) groups is 2. The predicted octanol–water partition coefficient (Wildman–Crippen LogP) is -0.0386. The Bertz CT molecular complexity index is 350. The molecule has 0 radical (unpaired) electrons. The van der Waals surface area contributed by atoms with Crippen molar-refractivity contribution in [2.24, 2.45) is 0 Å². The van der Waals surface area contributed by atoms with Gasteiger partial charge < -0.3 is 9.84 Å². The summed E-state index contributed by atoms with van der Waals surface area (Å²) in [6.45, 7) is 0. The maximum atomic E-state index is 11.0. The monoisotopic (exact) mass is 182 g/mol. The molecule has 0 saturated heterocycles. The van der Waals surface area contributed by atoms with E-state index < -0.39 is 11.9 Å². The number of aromatic carboxylic acids is 1. The van der Waals surface area contributed by atoms with Crippen LogP contribution in [0.2, 0.25) is 0 Å². The summed E-state index contributed by atoms with van der Waals surface area (Å²) >= 11 is 0. The molecule has 0 amide bonds. The predicted molar refractivity (Wildman–Crippen MR) is 40.3 cm³/mol. The molecule has 0 bridgehead atoms. The molecule has 0 aliphatic rings. The number of aromatic nitrogens is 2.